The number of aliphatic imine (C=N–C) groups is 1. The summed E-state index contributed by atoms with van der Waals surface area (Å²) in [5, 5.41) is 6.74. The molecule has 1 saturated heterocycles. The molecule has 0 bridgehead atoms. The van der Waals surface area contributed by atoms with Crippen molar-refractivity contribution in [1.29, 1.82) is 0 Å². The summed E-state index contributed by atoms with van der Waals surface area (Å²) in [4.78, 5) is 4.26. The maximum absolute atomic E-state index is 5.71. The number of unbranched alkanes of at least 4 members (excludes halogenated alkanes) is 6. The van der Waals surface area contributed by atoms with Crippen LogP contribution in [0.1, 0.15) is 64.7 Å². The summed E-state index contributed by atoms with van der Waals surface area (Å²) in [5.41, 5.74) is 0. The van der Waals surface area contributed by atoms with E-state index in [-0.39, 0.29) is 24.0 Å². The van der Waals surface area contributed by atoms with Gasteiger partial charge in [-0.3, -0.25) is 4.99 Å². The van der Waals surface area contributed by atoms with Crippen LogP contribution in [0.25, 0.3) is 0 Å². The molecule has 2 N–H and O–H groups in total. The topological polar surface area (TPSA) is 54.9 Å². The molecule has 25 heavy (non-hydrogen) atoms. The summed E-state index contributed by atoms with van der Waals surface area (Å²) in [6.07, 6.45) is 11.5. The fourth-order valence-electron chi connectivity index (χ4n) is 2.86. The molecular formula is C19H40IN3O2. The van der Waals surface area contributed by atoms with Crippen molar-refractivity contribution in [2.45, 2.75) is 64.7 Å². The lowest BCUT2D eigenvalue weighted by atomic mass is 10.1. The Labute approximate surface area is 172 Å². The summed E-state index contributed by atoms with van der Waals surface area (Å²) in [5.74, 6) is 1.51. The van der Waals surface area contributed by atoms with Crippen LogP contribution >= 0.6 is 24.0 Å². The Balaban J connectivity index is 0.00000576. The quantitative estimate of drug-likeness (QED) is 0.175. The Morgan fingerprint density at radius 1 is 1.04 bits per heavy atom. The van der Waals surface area contributed by atoms with Gasteiger partial charge in [0.15, 0.2) is 5.96 Å². The van der Waals surface area contributed by atoms with Gasteiger partial charge < -0.3 is 20.1 Å². The first-order valence-corrected chi connectivity index (χ1v) is 9.96. The van der Waals surface area contributed by atoms with Crippen molar-refractivity contribution in [1.82, 2.24) is 10.6 Å². The van der Waals surface area contributed by atoms with Crippen molar-refractivity contribution in [2.24, 2.45) is 10.9 Å². The van der Waals surface area contributed by atoms with Crippen molar-refractivity contribution in [3.63, 3.8) is 0 Å². The van der Waals surface area contributed by atoms with E-state index in [0.717, 1.165) is 58.3 Å². The normalized spacial score (nSPS) is 17.4. The maximum atomic E-state index is 5.71. The average molecular weight is 469 g/mol. The van der Waals surface area contributed by atoms with Crippen LogP contribution < -0.4 is 10.6 Å². The molecule has 150 valence electrons. The molecule has 1 aliphatic rings. The Morgan fingerprint density at radius 3 is 2.36 bits per heavy atom. The number of hydrogen-bond donors (Lipinski definition) is 2. The highest BCUT2D eigenvalue weighted by molar-refractivity contribution is 14.0. The first-order valence-electron chi connectivity index (χ1n) is 9.96. The smallest absolute Gasteiger partial charge is 0.190 e. The molecule has 0 aromatic heterocycles. The largest absolute Gasteiger partial charge is 0.381 e. The van der Waals surface area contributed by atoms with Crippen molar-refractivity contribution in [2.75, 3.05) is 46.6 Å². The van der Waals surface area contributed by atoms with E-state index in [2.05, 4.69) is 22.5 Å². The lowest BCUT2D eigenvalue weighted by molar-refractivity contribution is 0.0888. The molecule has 1 unspecified atom stereocenters. The molecular weight excluding hydrogens is 429 g/mol. The summed E-state index contributed by atoms with van der Waals surface area (Å²) in [6.45, 7) is 7.58. The fourth-order valence-corrected chi connectivity index (χ4v) is 2.86. The number of nitrogens with zero attached hydrogens (tertiary/aromatic N) is 1. The van der Waals surface area contributed by atoms with Gasteiger partial charge in [-0.2, -0.15) is 0 Å². The number of halogens is 1. The van der Waals surface area contributed by atoms with Gasteiger partial charge in [0.1, 0.15) is 0 Å². The van der Waals surface area contributed by atoms with E-state index in [4.69, 9.17) is 9.47 Å². The standard InChI is InChI=1S/C19H39N3O2.HI/c1-3-4-5-6-7-8-9-12-21-19(20-2)22-13-10-14-23-16-18-11-15-24-17-18;/h18H,3-17H2,1-2H3,(H2,20,21,22);1H. The van der Waals surface area contributed by atoms with Gasteiger partial charge in [-0.25, -0.2) is 0 Å². The van der Waals surface area contributed by atoms with E-state index in [1.165, 1.54) is 44.9 Å². The van der Waals surface area contributed by atoms with E-state index in [1.54, 1.807) is 0 Å². The van der Waals surface area contributed by atoms with Crippen LogP contribution in [0.5, 0.6) is 0 Å². The number of hydrogen-bond acceptors (Lipinski definition) is 3. The molecule has 1 rings (SSSR count). The van der Waals surface area contributed by atoms with Crippen LogP contribution in [0.4, 0.5) is 0 Å². The molecule has 0 saturated carbocycles. The Kier molecular flexibility index (Phi) is 18.6. The van der Waals surface area contributed by atoms with Gasteiger partial charge in [-0.1, -0.05) is 45.4 Å². The van der Waals surface area contributed by atoms with Crippen LogP contribution in [0.15, 0.2) is 4.99 Å². The van der Waals surface area contributed by atoms with E-state index in [1.807, 2.05) is 7.05 Å². The van der Waals surface area contributed by atoms with E-state index in [9.17, 15) is 0 Å². The third kappa shape index (κ3) is 14.7. The minimum Gasteiger partial charge on any atom is -0.381 e. The van der Waals surface area contributed by atoms with E-state index < -0.39 is 0 Å². The predicted molar refractivity (Wildman–Crippen MR) is 117 cm³/mol. The first kappa shape index (κ1) is 24.9. The van der Waals surface area contributed by atoms with Crippen LogP contribution in [-0.4, -0.2) is 52.5 Å². The number of ether oxygens (including phenoxy) is 2. The number of rotatable bonds is 14. The predicted octanol–water partition coefficient (Wildman–Crippen LogP) is 3.96. The molecule has 1 aliphatic heterocycles. The Bertz CT molecular complexity index is 311. The van der Waals surface area contributed by atoms with Crippen LogP contribution in [-0.2, 0) is 9.47 Å². The summed E-state index contributed by atoms with van der Waals surface area (Å²) in [6, 6.07) is 0. The average Bonchev–Trinajstić information content (AvgIpc) is 3.11. The van der Waals surface area contributed by atoms with E-state index >= 15 is 0 Å². The van der Waals surface area contributed by atoms with Crippen molar-refractivity contribution >= 4 is 29.9 Å². The van der Waals surface area contributed by atoms with Gasteiger partial charge in [0.2, 0.25) is 0 Å². The minimum atomic E-state index is 0. The van der Waals surface area contributed by atoms with Crippen molar-refractivity contribution < 1.29 is 9.47 Å². The fraction of sp³-hybridized carbons (Fsp3) is 0.947. The molecule has 1 heterocycles. The molecule has 0 aromatic carbocycles. The summed E-state index contributed by atoms with van der Waals surface area (Å²) >= 11 is 0. The minimum absolute atomic E-state index is 0. The molecule has 0 aromatic rings. The van der Waals surface area contributed by atoms with Gasteiger partial charge in [-0.15, -0.1) is 24.0 Å². The third-order valence-corrected chi connectivity index (χ3v) is 4.43. The maximum Gasteiger partial charge on any atom is 0.190 e. The molecule has 1 atom stereocenters. The first-order chi connectivity index (χ1) is 11.9. The SMILES string of the molecule is CCCCCCCCCNC(=NC)NCCCOCC1CCOC1.I. The lowest BCUT2D eigenvalue weighted by Crippen LogP contribution is -2.38. The molecule has 0 radical (unpaired) electrons. The Hall–Kier alpha value is -0.0800. The van der Waals surface area contributed by atoms with Gasteiger partial charge in [-0.05, 0) is 19.3 Å². The zero-order valence-corrected chi connectivity index (χ0v) is 18.7. The third-order valence-electron chi connectivity index (χ3n) is 4.43. The molecule has 6 heteroatoms. The molecule has 1 fully saturated rings. The van der Waals surface area contributed by atoms with Gasteiger partial charge >= 0.3 is 0 Å². The summed E-state index contributed by atoms with van der Waals surface area (Å²) in [7, 11) is 1.83. The molecule has 5 nitrogen and oxygen atoms in total. The van der Waals surface area contributed by atoms with Gasteiger partial charge in [0.05, 0.1) is 13.2 Å². The van der Waals surface area contributed by atoms with E-state index in [0.29, 0.717) is 5.92 Å². The zero-order valence-electron chi connectivity index (χ0n) is 16.4. The second-order valence-electron chi connectivity index (χ2n) is 6.71. The highest BCUT2D eigenvalue weighted by Crippen LogP contribution is 2.12. The highest BCUT2D eigenvalue weighted by atomic mass is 127. The van der Waals surface area contributed by atoms with Gasteiger partial charge in [0, 0.05) is 39.3 Å². The number of guanidine groups is 1. The monoisotopic (exact) mass is 469 g/mol. The lowest BCUT2D eigenvalue weighted by Gasteiger charge is -2.12. The second kappa shape index (κ2) is 18.7. The highest BCUT2D eigenvalue weighted by Gasteiger charge is 2.15. The van der Waals surface area contributed by atoms with Crippen molar-refractivity contribution in [3.8, 4) is 0 Å². The van der Waals surface area contributed by atoms with Gasteiger partial charge in [0.25, 0.3) is 0 Å². The van der Waals surface area contributed by atoms with Crippen molar-refractivity contribution in [3.05, 3.63) is 0 Å². The molecule has 0 amide bonds. The Morgan fingerprint density at radius 2 is 1.72 bits per heavy atom. The van der Waals surface area contributed by atoms with Crippen LogP contribution in [0.2, 0.25) is 0 Å². The molecule has 0 aliphatic carbocycles. The molecule has 0 spiro atoms. The summed E-state index contributed by atoms with van der Waals surface area (Å²) < 4.78 is 11.1. The zero-order chi connectivity index (χ0) is 17.3. The number of nitrogens with one attached hydrogen (secondary N) is 2. The van der Waals surface area contributed by atoms with Crippen LogP contribution in [0.3, 0.4) is 0 Å². The second-order valence-corrected chi connectivity index (χ2v) is 6.71. The van der Waals surface area contributed by atoms with Crippen LogP contribution in [0, 0.1) is 5.92 Å².